The highest BCUT2D eigenvalue weighted by atomic mass is 32.2. The molecule has 0 radical (unpaired) electrons. The normalized spacial score (nSPS) is 18.5. The average Bonchev–Trinajstić information content (AvgIpc) is 2.34. The van der Waals surface area contributed by atoms with Crippen LogP contribution in [0.25, 0.3) is 0 Å². The summed E-state index contributed by atoms with van der Waals surface area (Å²) in [5.41, 5.74) is 1.22. The van der Waals surface area contributed by atoms with Crippen molar-refractivity contribution in [2.45, 2.75) is 19.4 Å². The zero-order valence-electron chi connectivity index (χ0n) is 12.8. The van der Waals surface area contributed by atoms with Gasteiger partial charge in [-0.3, -0.25) is 0 Å². The van der Waals surface area contributed by atoms with Crippen LogP contribution in [0.4, 0.5) is 15.9 Å². The van der Waals surface area contributed by atoms with E-state index in [1.807, 2.05) is 0 Å². The van der Waals surface area contributed by atoms with Crippen molar-refractivity contribution in [3.05, 3.63) is 47.7 Å². The predicted octanol–water partition coefficient (Wildman–Crippen LogP) is 2.37. The van der Waals surface area contributed by atoms with Gasteiger partial charge < -0.3 is 5.32 Å². The third-order valence-corrected chi connectivity index (χ3v) is 4.98. The summed E-state index contributed by atoms with van der Waals surface area (Å²) in [6, 6.07) is 7.50. The van der Waals surface area contributed by atoms with Crippen LogP contribution in [0.5, 0.6) is 0 Å². The maximum Gasteiger partial charge on any atom is 0.211 e. The van der Waals surface area contributed by atoms with Gasteiger partial charge in [0.15, 0.2) is 0 Å². The van der Waals surface area contributed by atoms with Gasteiger partial charge >= 0.3 is 0 Å². The highest BCUT2D eigenvalue weighted by molar-refractivity contribution is 7.88. The van der Waals surface area contributed by atoms with Gasteiger partial charge in [-0.15, -0.1) is 0 Å². The lowest BCUT2D eigenvalue weighted by atomic mass is 10.0. The van der Waals surface area contributed by atoms with Crippen molar-refractivity contribution in [3.63, 3.8) is 0 Å². The Balaban J connectivity index is 1.88. The Morgan fingerprint density at radius 2 is 2.09 bits per heavy atom. The molecule has 2 aromatic rings. The summed E-state index contributed by atoms with van der Waals surface area (Å²) in [7, 11) is -3.25. The van der Waals surface area contributed by atoms with E-state index < -0.39 is 10.0 Å². The van der Waals surface area contributed by atoms with Gasteiger partial charge in [0.05, 0.1) is 18.0 Å². The Morgan fingerprint density at radius 1 is 1.30 bits per heavy atom. The number of hydrogen-bond donors (Lipinski definition) is 1. The van der Waals surface area contributed by atoms with E-state index in [9.17, 15) is 12.8 Å². The molecule has 1 aromatic carbocycles. The van der Waals surface area contributed by atoms with Gasteiger partial charge in [0, 0.05) is 18.3 Å². The lowest BCUT2D eigenvalue weighted by Gasteiger charge is -2.38. The Bertz CT molecular complexity index is 841. The summed E-state index contributed by atoms with van der Waals surface area (Å²) >= 11 is 0. The third-order valence-electron chi connectivity index (χ3n) is 3.69. The van der Waals surface area contributed by atoms with Crippen LogP contribution in [0.15, 0.2) is 30.3 Å². The second-order valence-corrected chi connectivity index (χ2v) is 7.47. The molecule has 3 rings (SSSR count). The molecule has 1 aliphatic rings. The summed E-state index contributed by atoms with van der Waals surface area (Å²) in [5, 5.41) is 3.02. The molecular formula is C15H17FN4O2S. The second-order valence-electron chi connectivity index (χ2n) is 5.54. The zero-order valence-corrected chi connectivity index (χ0v) is 13.6. The lowest BCUT2D eigenvalue weighted by Crippen LogP contribution is -2.44. The number of halogens is 1. The Hall–Kier alpha value is -2.06. The van der Waals surface area contributed by atoms with E-state index in [2.05, 4.69) is 15.3 Å². The summed E-state index contributed by atoms with van der Waals surface area (Å²) in [5.74, 6) is 0.698. The van der Waals surface area contributed by atoms with Crippen LogP contribution in [0.1, 0.15) is 24.0 Å². The van der Waals surface area contributed by atoms with Gasteiger partial charge in [-0.25, -0.2) is 22.8 Å². The summed E-state index contributed by atoms with van der Waals surface area (Å²) in [6.45, 7) is 2.24. The highest BCUT2D eigenvalue weighted by Gasteiger charge is 2.37. The molecule has 1 atom stereocenters. The van der Waals surface area contributed by atoms with E-state index in [-0.39, 0.29) is 11.9 Å². The fourth-order valence-corrected chi connectivity index (χ4v) is 3.71. The quantitative estimate of drug-likeness (QED) is 0.928. The SMILES string of the molecule is Cc1nc(Nc2cccc(F)c2)cc([C@@H]2CCN2S(C)(=O)=O)n1. The molecule has 0 aliphatic carbocycles. The van der Waals surface area contributed by atoms with E-state index in [0.29, 0.717) is 29.6 Å². The molecule has 0 saturated carbocycles. The largest absolute Gasteiger partial charge is 0.340 e. The van der Waals surface area contributed by atoms with Crippen LogP contribution in [0.3, 0.4) is 0 Å². The maximum absolute atomic E-state index is 13.3. The Labute approximate surface area is 134 Å². The topological polar surface area (TPSA) is 75.2 Å². The molecule has 0 bridgehead atoms. The summed E-state index contributed by atoms with van der Waals surface area (Å²) in [4.78, 5) is 8.62. The minimum absolute atomic E-state index is 0.264. The number of nitrogens with zero attached hydrogens (tertiary/aromatic N) is 3. The number of aryl methyl sites for hydroxylation is 1. The molecule has 0 amide bonds. The van der Waals surface area contributed by atoms with Crippen LogP contribution in [-0.2, 0) is 10.0 Å². The van der Waals surface area contributed by atoms with E-state index in [1.54, 1.807) is 25.1 Å². The van der Waals surface area contributed by atoms with Gasteiger partial charge in [-0.05, 0) is 31.5 Å². The molecule has 1 aromatic heterocycles. The van der Waals surface area contributed by atoms with Crippen molar-refractivity contribution in [2.24, 2.45) is 0 Å². The Kier molecular flexibility index (Phi) is 4.03. The van der Waals surface area contributed by atoms with Crippen molar-refractivity contribution in [2.75, 3.05) is 18.1 Å². The maximum atomic E-state index is 13.3. The molecule has 6 nitrogen and oxygen atoms in total. The minimum atomic E-state index is -3.25. The predicted molar refractivity (Wildman–Crippen MR) is 85.4 cm³/mol. The van der Waals surface area contributed by atoms with Gasteiger partial charge in [-0.1, -0.05) is 6.07 Å². The fourth-order valence-electron chi connectivity index (χ4n) is 2.60. The number of nitrogens with one attached hydrogen (secondary N) is 1. The monoisotopic (exact) mass is 336 g/mol. The number of aromatic nitrogens is 2. The first-order chi connectivity index (χ1) is 10.8. The first kappa shape index (κ1) is 15.8. The molecule has 0 unspecified atom stereocenters. The van der Waals surface area contributed by atoms with E-state index >= 15 is 0 Å². The van der Waals surface area contributed by atoms with Crippen LogP contribution in [-0.4, -0.2) is 35.5 Å². The van der Waals surface area contributed by atoms with Crippen molar-refractivity contribution < 1.29 is 12.8 Å². The average molecular weight is 336 g/mol. The number of rotatable bonds is 4. The second kappa shape index (κ2) is 5.86. The lowest BCUT2D eigenvalue weighted by molar-refractivity contribution is 0.199. The van der Waals surface area contributed by atoms with Crippen LogP contribution in [0, 0.1) is 12.7 Å². The number of anilines is 2. The van der Waals surface area contributed by atoms with Crippen LogP contribution < -0.4 is 5.32 Å². The first-order valence-electron chi connectivity index (χ1n) is 7.18. The third kappa shape index (κ3) is 3.48. The molecule has 1 N–H and O–H groups in total. The number of benzene rings is 1. The standard InChI is InChI=1S/C15H17FN4O2S/c1-10-17-13(14-6-7-20(14)23(2,21)22)9-15(18-10)19-12-5-3-4-11(16)8-12/h3-5,8-9,14H,6-7H2,1-2H3,(H,17,18,19)/t14-/m0/s1. The molecule has 0 spiro atoms. The molecular weight excluding hydrogens is 319 g/mol. The van der Waals surface area contributed by atoms with Crippen molar-refractivity contribution >= 4 is 21.5 Å². The van der Waals surface area contributed by atoms with Crippen molar-refractivity contribution in [3.8, 4) is 0 Å². The van der Waals surface area contributed by atoms with Gasteiger partial charge in [0.1, 0.15) is 17.5 Å². The van der Waals surface area contributed by atoms with Gasteiger partial charge in [0.2, 0.25) is 10.0 Å². The van der Waals surface area contributed by atoms with E-state index in [4.69, 9.17) is 0 Å². The molecule has 1 fully saturated rings. The summed E-state index contributed by atoms with van der Waals surface area (Å²) in [6.07, 6.45) is 1.92. The molecule has 2 heterocycles. The molecule has 1 saturated heterocycles. The fraction of sp³-hybridized carbons (Fsp3) is 0.333. The zero-order chi connectivity index (χ0) is 16.6. The first-order valence-corrected chi connectivity index (χ1v) is 9.03. The number of hydrogen-bond acceptors (Lipinski definition) is 5. The van der Waals surface area contributed by atoms with Crippen LogP contribution >= 0.6 is 0 Å². The molecule has 122 valence electrons. The smallest absolute Gasteiger partial charge is 0.211 e. The van der Waals surface area contributed by atoms with Crippen molar-refractivity contribution in [1.29, 1.82) is 0 Å². The molecule has 1 aliphatic heterocycles. The molecule has 23 heavy (non-hydrogen) atoms. The highest BCUT2D eigenvalue weighted by Crippen LogP contribution is 2.35. The molecule has 8 heteroatoms. The minimum Gasteiger partial charge on any atom is -0.340 e. The Morgan fingerprint density at radius 3 is 2.70 bits per heavy atom. The van der Waals surface area contributed by atoms with E-state index in [1.165, 1.54) is 22.7 Å². The van der Waals surface area contributed by atoms with Crippen LogP contribution in [0.2, 0.25) is 0 Å². The van der Waals surface area contributed by atoms with Gasteiger partial charge in [0.25, 0.3) is 0 Å². The summed E-state index contributed by atoms with van der Waals surface area (Å²) < 4.78 is 38.1. The van der Waals surface area contributed by atoms with Gasteiger partial charge in [-0.2, -0.15) is 4.31 Å². The number of sulfonamides is 1. The van der Waals surface area contributed by atoms with E-state index in [0.717, 1.165) is 6.42 Å². The van der Waals surface area contributed by atoms with Crippen molar-refractivity contribution in [1.82, 2.24) is 14.3 Å².